The molecule has 0 saturated heterocycles. The van der Waals surface area contributed by atoms with Crippen LogP contribution >= 0.6 is 0 Å². The van der Waals surface area contributed by atoms with Gasteiger partial charge in [-0.2, -0.15) is 0 Å². The summed E-state index contributed by atoms with van der Waals surface area (Å²) in [6.07, 6.45) is 0. The molecule has 0 spiro atoms. The summed E-state index contributed by atoms with van der Waals surface area (Å²) >= 11 is 0. The molecule has 6 nitrogen and oxygen atoms in total. The van der Waals surface area contributed by atoms with Crippen molar-refractivity contribution in [3.63, 3.8) is 0 Å². The lowest BCUT2D eigenvalue weighted by Crippen LogP contribution is -2.34. The fourth-order valence-electron chi connectivity index (χ4n) is 1.76. The van der Waals surface area contributed by atoms with Gasteiger partial charge in [-0.15, -0.1) is 0 Å². The molecule has 0 aliphatic carbocycles. The third kappa shape index (κ3) is 3.88. The van der Waals surface area contributed by atoms with E-state index in [1.54, 1.807) is 23.1 Å². The van der Waals surface area contributed by atoms with Gasteiger partial charge in [-0.05, 0) is 32.0 Å². The molecule has 0 aromatic heterocycles. The molecule has 0 heterocycles. The number of methoxy groups -OCH3 is 1. The van der Waals surface area contributed by atoms with E-state index in [2.05, 4.69) is 0 Å². The standard InChI is InChI=1S/C14H21N3O3/c1-4-17(5-2)13(18)9-20-11-7-6-10(14(15)16)8-12(11)19-3/h6-8H,4-5,9H2,1-3H3,(H3,15,16). The van der Waals surface area contributed by atoms with Gasteiger partial charge >= 0.3 is 0 Å². The Balaban J connectivity index is 2.77. The highest BCUT2D eigenvalue weighted by molar-refractivity contribution is 5.95. The molecule has 1 rings (SSSR count). The minimum absolute atomic E-state index is 0.0442. The van der Waals surface area contributed by atoms with Crippen LogP contribution in [-0.4, -0.2) is 43.4 Å². The molecule has 0 radical (unpaired) electrons. The van der Waals surface area contributed by atoms with Gasteiger partial charge in [0.2, 0.25) is 0 Å². The van der Waals surface area contributed by atoms with Crippen molar-refractivity contribution in [3.8, 4) is 11.5 Å². The highest BCUT2D eigenvalue weighted by Gasteiger charge is 2.13. The average molecular weight is 279 g/mol. The first-order valence-corrected chi connectivity index (χ1v) is 6.46. The van der Waals surface area contributed by atoms with Gasteiger partial charge < -0.3 is 20.1 Å². The number of amides is 1. The molecular formula is C14H21N3O3. The molecule has 0 saturated carbocycles. The first-order valence-electron chi connectivity index (χ1n) is 6.46. The molecule has 1 aromatic carbocycles. The molecule has 3 N–H and O–H groups in total. The van der Waals surface area contributed by atoms with E-state index < -0.39 is 0 Å². The lowest BCUT2D eigenvalue weighted by atomic mass is 10.2. The maximum Gasteiger partial charge on any atom is 0.260 e. The van der Waals surface area contributed by atoms with E-state index in [4.69, 9.17) is 20.6 Å². The van der Waals surface area contributed by atoms with E-state index in [0.717, 1.165) is 0 Å². The topological polar surface area (TPSA) is 88.6 Å². The number of benzene rings is 1. The second kappa shape index (κ2) is 7.37. The molecule has 0 unspecified atom stereocenters. The van der Waals surface area contributed by atoms with Crippen molar-refractivity contribution >= 4 is 11.7 Å². The molecule has 1 aromatic rings. The Labute approximate surface area is 119 Å². The fourth-order valence-corrected chi connectivity index (χ4v) is 1.76. The van der Waals surface area contributed by atoms with Gasteiger partial charge in [-0.25, -0.2) is 0 Å². The van der Waals surface area contributed by atoms with Gasteiger partial charge in [-0.3, -0.25) is 10.2 Å². The summed E-state index contributed by atoms with van der Waals surface area (Å²) in [4.78, 5) is 13.6. The number of nitrogen functional groups attached to an aromatic ring is 1. The van der Waals surface area contributed by atoms with Gasteiger partial charge in [0.15, 0.2) is 18.1 Å². The Kier molecular flexibility index (Phi) is 5.83. The second-order valence-electron chi connectivity index (χ2n) is 4.13. The van der Waals surface area contributed by atoms with Crippen LogP contribution in [0.15, 0.2) is 18.2 Å². The number of amidine groups is 1. The lowest BCUT2D eigenvalue weighted by Gasteiger charge is -2.19. The lowest BCUT2D eigenvalue weighted by molar-refractivity contribution is -0.132. The second-order valence-corrected chi connectivity index (χ2v) is 4.13. The summed E-state index contributed by atoms with van der Waals surface area (Å²) in [6, 6.07) is 4.91. The summed E-state index contributed by atoms with van der Waals surface area (Å²) in [5.41, 5.74) is 5.96. The predicted molar refractivity (Wildman–Crippen MR) is 77.4 cm³/mol. The summed E-state index contributed by atoms with van der Waals surface area (Å²) in [6.45, 7) is 5.10. The Morgan fingerprint density at radius 1 is 1.30 bits per heavy atom. The third-order valence-corrected chi connectivity index (χ3v) is 2.94. The molecule has 110 valence electrons. The first kappa shape index (κ1) is 15.8. The Bertz CT molecular complexity index is 485. The largest absolute Gasteiger partial charge is 0.493 e. The zero-order valence-electron chi connectivity index (χ0n) is 12.1. The SMILES string of the molecule is CCN(CC)C(=O)COc1ccc(C(=N)N)cc1OC. The number of nitrogens with two attached hydrogens (primary N) is 1. The van der Waals surface area contributed by atoms with Crippen LogP contribution in [0, 0.1) is 5.41 Å². The number of ether oxygens (including phenoxy) is 2. The van der Waals surface area contributed by atoms with Crippen LogP contribution in [0.2, 0.25) is 0 Å². The first-order chi connectivity index (χ1) is 9.53. The highest BCUT2D eigenvalue weighted by atomic mass is 16.5. The zero-order chi connectivity index (χ0) is 15.1. The van der Waals surface area contributed by atoms with Gasteiger partial charge in [0.25, 0.3) is 5.91 Å². The van der Waals surface area contributed by atoms with Crippen LogP contribution in [-0.2, 0) is 4.79 Å². The summed E-state index contributed by atoms with van der Waals surface area (Å²) in [5.74, 6) is 0.782. The molecule has 20 heavy (non-hydrogen) atoms. The number of nitrogens with zero attached hydrogens (tertiary/aromatic N) is 1. The minimum atomic E-state index is -0.0762. The Morgan fingerprint density at radius 2 is 1.95 bits per heavy atom. The normalized spacial score (nSPS) is 9.95. The monoisotopic (exact) mass is 279 g/mol. The van der Waals surface area contributed by atoms with E-state index in [9.17, 15) is 4.79 Å². The van der Waals surface area contributed by atoms with Crippen molar-refractivity contribution in [2.24, 2.45) is 5.73 Å². The van der Waals surface area contributed by atoms with E-state index >= 15 is 0 Å². The van der Waals surface area contributed by atoms with Crippen molar-refractivity contribution in [2.45, 2.75) is 13.8 Å². The molecule has 0 fully saturated rings. The van der Waals surface area contributed by atoms with Crippen LogP contribution < -0.4 is 15.2 Å². The van der Waals surface area contributed by atoms with Crippen LogP contribution in [0.3, 0.4) is 0 Å². The number of hydrogen-bond donors (Lipinski definition) is 2. The van der Waals surface area contributed by atoms with Gasteiger partial charge in [0.05, 0.1) is 7.11 Å². The molecular weight excluding hydrogens is 258 g/mol. The number of carbonyl (C=O) groups is 1. The number of hydrogen-bond acceptors (Lipinski definition) is 4. The number of nitrogens with one attached hydrogen (secondary N) is 1. The van der Waals surface area contributed by atoms with Crippen LogP contribution in [0.4, 0.5) is 0 Å². The summed E-state index contributed by atoms with van der Waals surface area (Å²) in [7, 11) is 1.50. The van der Waals surface area contributed by atoms with Crippen LogP contribution in [0.5, 0.6) is 11.5 Å². The fraction of sp³-hybridized carbons (Fsp3) is 0.429. The van der Waals surface area contributed by atoms with Gasteiger partial charge in [-0.1, -0.05) is 0 Å². The van der Waals surface area contributed by atoms with Crippen LogP contribution in [0.1, 0.15) is 19.4 Å². The molecule has 0 atom stereocenters. The molecule has 1 amide bonds. The van der Waals surface area contributed by atoms with E-state index in [-0.39, 0.29) is 18.3 Å². The third-order valence-electron chi connectivity index (χ3n) is 2.94. The van der Waals surface area contributed by atoms with Crippen molar-refractivity contribution in [3.05, 3.63) is 23.8 Å². The van der Waals surface area contributed by atoms with E-state index in [1.807, 2.05) is 13.8 Å². The summed E-state index contributed by atoms with van der Waals surface area (Å²) < 4.78 is 10.7. The van der Waals surface area contributed by atoms with Crippen molar-refractivity contribution in [1.29, 1.82) is 5.41 Å². The van der Waals surface area contributed by atoms with Crippen molar-refractivity contribution in [1.82, 2.24) is 4.90 Å². The van der Waals surface area contributed by atoms with Gasteiger partial charge in [0, 0.05) is 18.7 Å². The highest BCUT2D eigenvalue weighted by Crippen LogP contribution is 2.27. The summed E-state index contributed by atoms with van der Waals surface area (Å²) in [5, 5.41) is 7.37. The predicted octanol–water partition coefficient (Wildman–Crippen LogP) is 1.23. The van der Waals surface area contributed by atoms with Crippen molar-refractivity contribution < 1.29 is 14.3 Å². The molecule has 0 bridgehead atoms. The average Bonchev–Trinajstić information content (AvgIpc) is 2.45. The molecule has 0 aliphatic rings. The Morgan fingerprint density at radius 3 is 2.45 bits per heavy atom. The quantitative estimate of drug-likeness (QED) is 0.580. The van der Waals surface area contributed by atoms with Gasteiger partial charge in [0.1, 0.15) is 5.84 Å². The zero-order valence-corrected chi connectivity index (χ0v) is 12.1. The minimum Gasteiger partial charge on any atom is -0.493 e. The number of likely N-dealkylation sites (N-methyl/N-ethyl adjacent to an activating group) is 1. The maximum absolute atomic E-state index is 11.9. The number of carbonyl (C=O) groups excluding carboxylic acids is 1. The van der Waals surface area contributed by atoms with Crippen molar-refractivity contribution in [2.75, 3.05) is 26.8 Å². The smallest absolute Gasteiger partial charge is 0.260 e. The van der Waals surface area contributed by atoms with E-state index in [0.29, 0.717) is 30.2 Å². The Hall–Kier alpha value is -2.24. The molecule has 0 aliphatic heterocycles. The molecule has 6 heteroatoms. The van der Waals surface area contributed by atoms with Crippen LogP contribution in [0.25, 0.3) is 0 Å². The van der Waals surface area contributed by atoms with E-state index in [1.165, 1.54) is 7.11 Å². The maximum atomic E-state index is 11.9. The number of rotatable bonds is 7.